The molecule has 1 aliphatic rings. The third-order valence-corrected chi connectivity index (χ3v) is 3.70. The number of halogens is 1. The molecule has 0 saturated heterocycles. The quantitative estimate of drug-likeness (QED) is 0.648. The van der Waals surface area contributed by atoms with Crippen LogP contribution in [0.3, 0.4) is 0 Å². The summed E-state index contributed by atoms with van der Waals surface area (Å²) >= 11 is 6.12. The maximum atomic E-state index is 12.2. The van der Waals surface area contributed by atoms with Gasteiger partial charge in [0.15, 0.2) is 0 Å². The van der Waals surface area contributed by atoms with E-state index in [-0.39, 0.29) is 11.9 Å². The van der Waals surface area contributed by atoms with Crippen LogP contribution in [-0.2, 0) is 9.53 Å². The van der Waals surface area contributed by atoms with Gasteiger partial charge in [-0.25, -0.2) is 0 Å². The lowest BCUT2D eigenvalue weighted by Crippen LogP contribution is -2.39. The summed E-state index contributed by atoms with van der Waals surface area (Å²) in [5, 5.41) is 3.57. The minimum atomic E-state index is -0.490. The molecule has 1 aromatic carbocycles. The van der Waals surface area contributed by atoms with Gasteiger partial charge >= 0.3 is 0 Å². The Kier molecular flexibility index (Phi) is 5.65. The van der Waals surface area contributed by atoms with Gasteiger partial charge in [-0.1, -0.05) is 29.8 Å². The number of ether oxygens (including phenoxy) is 2. The average molecular weight is 310 g/mol. The van der Waals surface area contributed by atoms with E-state index in [4.69, 9.17) is 21.1 Å². The molecule has 21 heavy (non-hydrogen) atoms. The summed E-state index contributed by atoms with van der Waals surface area (Å²) in [5.41, 5.74) is 0.917. The molecule has 0 unspecified atom stereocenters. The average Bonchev–Trinajstić information content (AvgIpc) is 2.48. The molecule has 2 rings (SSSR count). The van der Waals surface area contributed by atoms with Crippen molar-refractivity contribution >= 4 is 17.5 Å². The van der Waals surface area contributed by atoms with Crippen molar-refractivity contribution in [3.63, 3.8) is 0 Å². The third-order valence-electron chi connectivity index (χ3n) is 3.40. The highest BCUT2D eigenvalue weighted by atomic mass is 35.5. The summed E-state index contributed by atoms with van der Waals surface area (Å²) in [5.74, 6) is 0.535. The number of fused-ring (bicyclic) bond motifs is 1. The fraction of sp³-hybridized carbons (Fsp3) is 0.438. The van der Waals surface area contributed by atoms with E-state index in [1.807, 2.05) is 12.1 Å². The van der Waals surface area contributed by atoms with Gasteiger partial charge in [-0.3, -0.25) is 4.79 Å². The summed E-state index contributed by atoms with van der Waals surface area (Å²) in [6.07, 6.45) is 2.73. The van der Waals surface area contributed by atoms with Crippen LogP contribution in [0.15, 0.2) is 30.9 Å². The standard InChI is InChI=1S/C16H20ClNO3/c1-3-4-9-20-11(2)16(19)18-14-8-10-21-15-12(14)6-5-7-13(15)17/h3,5-7,11,14H,1,4,8-10H2,2H3,(H,18,19)/t11-,14+/m0/s1. The van der Waals surface area contributed by atoms with E-state index in [1.54, 1.807) is 19.1 Å². The van der Waals surface area contributed by atoms with Crippen molar-refractivity contribution in [1.82, 2.24) is 5.32 Å². The monoisotopic (exact) mass is 309 g/mol. The van der Waals surface area contributed by atoms with Crippen LogP contribution in [-0.4, -0.2) is 25.2 Å². The molecular weight excluding hydrogens is 290 g/mol. The van der Waals surface area contributed by atoms with Crippen molar-refractivity contribution in [3.05, 3.63) is 41.4 Å². The van der Waals surface area contributed by atoms with Crippen LogP contribution in [0.1, 0.15) is 31.4 Å². The Hall–Kier alpha value is -1.52. The first-order valence-corrected chi connectivity index (χ1v) is 7.45. The van der Waals surface area contributed by atoms with Crippen LogP contribution in [0.4, 0.5) is 0 Å². The molecule has 0 aromatic heterocycles. The predicted molar refractivity (Wildman–Crippen MR) is 82.7 cm³/mol. The van der Waals surface area contributed by atoms with Gasteiger partial charge in [-0.2, -0.15) is 0 Å². The van der Waals surface area contributed by atoms with Crippen LogP contribution < -0.4 is 10.1 Å². The summed E-state index contributed by atoms with van der Waals surface area (Å²) in [6.45, 7) is 6.40. The number of nitrogens with one attached hydrogen (secondary N) is 1. The summed E-state index contributed by atoms with van der Waals surface area (Å²) in [4.78, 5) is 12.2. The highest BCUT2D eigenvalue weighted by molar-refractivity contribution is 6.32. The number of hydrogen-bond acceptors (Lipinski definition) is 3. The third kappa shape index (κ3) is 3.99. The molecule has 5 heteroatoms. The van der Waals surface area contributed by atoms with Crippen LogP contribution in [0.5, 0.6) is 5.75 Å². The largest absolute Gasteiger partial charge is 0.492 e. The summed E-state index contributed by atoms with van der Waals surface area (Å²) in [6, 6.07) is 5.48. The van der Waals surface area contributed by atoms with Gasteiger partial charge in [-0.05, 0) is 19.4 Å². The zero-order chi connectivity index (χ0) is 15.2. The topological polar surface area (TPSA) is 47.6 Å². The van der Waals surface area contributed by atoms with Gasteiger partial charge in [0.1, 0.15) is 11.9 Å². The molecular formula is C16H20ClNO3. The van der Waals surface area contributed by atoms with Crippen molar-refractivity contribution in [3.8, 4) is 5.75 Å². The maximum Gasteiger partial charge on any atom is 0.249 e. The second-order valence-corrected chi connectivity index (χ2v) is 5.35. The fourth-order valence-corrected chi connectivity index (χ4v) is 2.47. The zero-order valence-electron chi connectivity index (χ0n) is 12.1. The molecule has 1 aliphatic heterocycles. The molecule has 0 fully saturated rings. The first-order chi connectivity index (χ1) is 10.1. The first kappa shape index (κ1) is 15.9. The van der Waals surface area contributed by atoms with Gasteiger partial charge in [0.25, 0.3) is 0 Å². The number of hydrogen-bond donors (Lipinski definition) is 1. The van der Waals surface area contributed by atoms with Crippen LogP contribution in [0.2, 0.25) is 5.02 Å². The molecule has 0 spiro atoms. The Bertz CT molecular complexity index is 518. The van der Waals surface area contributed by atoms with E-state index in [2.05, 4.69) is 11.9 Å². The molecule has 1 N–H and O–H groups in total. The fourth-order valence-electron chi connectivity index (χ4n) is 2.23. The highest BCUT2D eigenvalue weighted by Gasteiger charge is 2.26. The Balaban J connectivity index is 1.99. The summed E-state index contributed by atoms with van der Waals surface area (Å²) < 4.78 is 11.0. The summed E-state index contributed by atoms with van der Waals surface area (Å²) in [7, 11) is 0. The smallest absolute Gasteiger partial charge is 0.249 e. The molecule has 0 aliphatic carbocycles. The van der Waals surface area contributed by atoms with E-state index in [0.717, 1.165) is 18.4 Å². The van der Waals surface area contributed by atoms with Crippen LogP contribution in [0, 0.1) is 0 Å². The Morgan fingerprint density at radius 2 is 2.48 bits per heavy atom. The van der Waals surface area contributed by atoms with E-state index in [1.165, 1.54) is 0 Å². The van der Waals surface area contributed by atoms with Crippen molar-refractivity contribution < 1.29 is 14.3 Å². The van der Waals surface area contributed by atoms with Crippen molar-refractivity contribution in [2.45, 2.75) is 31.9 Å². The number of amides is 1. The van der Waals surface area contributed by atoms with Crippen LogP contribution in [0.25, 0.3) is 0 Å². The van der Waals surface area contributed by atoms with Crippen LogP contribution >= 0.6 is 11.6 Å². The number of para-hydroxylation sites is 1. The highest BCUT2D eigenvalue weighted by Crippen LogP contribution is 2.37. The number of rotatable bonds is 6. The number of carbonyl (C=O) groups excluding carboxylic acids is 1. The van der Waals surface area contributed by atoms with E-state index in [9.17, 15) is 4.79 Å². The minimum Gasteiger partial charge on any atom is -0.492 e. The number of benzene rings is 1. The molecule has 4 nitrogen and oxygen atoms in total. The zero-order valence-corrected chi connectivity index (χ0v) is 12.9. The van der Waals surface area contributed by atoms with Crippen molar-refractivity contribution in [2.24, 2.45) is 0 Å². The maximum absolute atomic E-state index is 12.2. The lowest BCUT2D eigenvalue weighted by molar-refractivity contribution is -0.132. The first-order valence-electron chi connectivity index (χ1n) is 7.07. The van der Waals surface area contributed by atoms with Crippen molar-refractivity contribution in [1.29, 1.82) is 0 Å². The second-order valence-electron chi connectivity index (χ2n) is 4.95. The van der Waals surface area contributed by atoms with Crippen molar-refractivity contribution in [2.75, 3.05) is 13.2 Å². The lowest BCUT2D eigenvalue weighted by Gasteiger charge is -2.28. The van der Waals surface area contributed by atoms with Gasteiger partial charge in [-0.15, -0.1) is 6.58 Å². The van der Waals surface area contributed by atoms with Gasteiger partial charge in [0.05, 0.1) is 24.3 Å². The Morgan fingerprint density at radius 3 is 3.24 bits per heavy atom. The molecule has 2 atom stereocenters. The van der Waals surface area contributed by atoms with E-state index in [0.29, 0.717) is 24.0 Å². The Labute approximate surface area is 130 Å². The predicted octanol–water partition coefficient (Wildman–Crippen LogP) is 3.26. The molecule has 0 bridgehead atoms. The SMILES string of the molecule is C=CCCO[C@@H](C)C(=O)N[C@@H]1CCOc2c(Cl)cccc21. The van der Waals surface area contributed by atoms with Gasteiger partial charge < -0.3 is 14.8 Å². The number of carbonyl (C=O) groups is 1. The molecule has 0 saturated carbocycles. The Morgan fingerprint density at radius 1 is 1.67 bits per heavy atom. The van der Waals surface area contributed by atoms with Gasteiger partial charge in [0.2, 0.25) is 5.91 Å². The normalized spacial score (nSPS) is 18.3. The molecule has 1 aromatic rings. The van der Waals surface area contributed by atoms with Gasteiger partial charge in [0, 0.05) is 12.0 Å². The lowest BCUT2D eigenvalue weighted by atomic mass is 10.0. The van der Waals surface area contributed by atoms with E-state index < -0.39 is 6.10 Å². The molecule has 0 radical (unpaired) electrons. The second kappa shape index (κ2) is 7.48. The molecule has 1 heterocycles. The molecule has 1 amide bonds. The minimum absolute atomic E-state index is 0.0922. The van der Waals surface area contributed by atoms with E-state index >= 15 is 0 Å². The molecule has 114 valence electrons.